The van der Waals surface area contributed by atoms with E-state index in [1.807, 2.05) is 0 Å². The molecule has 1 aromatic heterocycles. The smallest absolute Gasteiger partial charge is 0.223 e. The molecule has 0 amide bonds. The number of nitrogens with one attached hydrogen (secondary N) is 1. The van der Waals surface area contributed by atoms with Gasteiger partial charge < -0.3 is 9.63 Å². The van der Waals surface area contributed by atoms with Crippen LogP contribution in [0, 0.1) is 6.92 Å². The molecule has 7 nitrogen and oxygen atoms in total. The topological polar surface area (TPSA) is 105 Å². The van der Waals surface area contributed by atoms with Crippen LogP contribution in [0.4, 0.5) is 0 Å². The highest BCUT2D eigenvalue weighted by atomic mass is 32.2. The fourth-order valence-corrected chi connectivity index (χ4v) is 1.63. The molecular formula is C7H13N3O4S. The van der Waals surface area contributed by atoms with Gasteiger partial charge in [0.25, 0.3) is 0 Å². The first-order chi connectivity index (χ1) is 6.95. The zero-order chi connectivity index (χ0) is 11.5. The molecule has 0 aliphatic carbocycles. The molecule has 1 rings (SSSR count). The third-order valence-electron chi connectivity index (χ3n) is 1.79. The van der Waals surface area contributed by atoms with Crippen LogP contribution in [0.2, 0.25) is 0 Å². The van der Waals surface area contributed by atoms with E-state index in [1.165, 1.54) is 6.92 Å². The van der Waals surface area contributed by atoms with Gasteiger partial charge in [-0.25, -0.2) is 13.1 Å². The van der Waals surface area contributed by atoms with Crippen LogP contribution < -0.4 is 4.72 Å². The summed E-state index contributed by atoms with van der Waals surface area (Å²) in [4.78, 5) is 3.83. The van der Waals surface area contributed by atoms with Gasteiger partial charge in [0.1, 0.15) is 0 Å². The van der Waals surface area contributed by atoms with Crippen molar-refractivity contribution in [2.75, 3.05) is 6.61 Å². The van der Waals surface area contributed by atoms with Crippen LogP contribution >= 0.6 is 0 Å². The SMILES string of the molecule is Cc1nc(CNS(=O)(=O)C(C)CO)no1. The van der Waals surface area contributed by atoms with Crippen molar-refractivity contribution < 1.29 is 18.0 Å². The van der Waals surface area contributed by atoms with Crippen molar-refractivity contribution in [2.24, 2.45) is 0 Å². The van der Waals surface area contributed by atoms with Gasteiger partial charge in [0.05, 0.1) is 18.4 Å². The monoisotopic (exact) mass is 235 g/mol. The van der Waals surface area contributed by atoms with Crippen LogP contribution in [0.5, 0.6) is 0 Å². The van der Waals surface area contributed by atoms with Crippen molar-refractivity contribution in [2.45, 2.75) is 25.6 Å². The highest BCUT2D eigenvalue weighted by molar-refractivity contribution is 7.90. The molecule has 1 unspecified atom stereocenters. The molecule has 0 aliphatic rings. The molecule has 2 N–H and O–H groups in total. The second kappa shape index (κ2) is 4.69. The molecule has 86 valence electrons. The summed E-state index contributed by atoms with van der Waals surface area (Å²) in [6.07, 6.45) is 0. The molecule has 1 aromatic rings. The summed E-state index contributed by atoms with van der Waals surface area (Å²) >= 11 is 0. The van der Waals surface area contributed by atoms with Gasteiger partial charge in [-0.2, -0.15) is 4.98 Å². The number of nitrogens with zero attached hydrogens (tertiary/aromatic N) is 2. The van der Waals surface area contributed by atoms with Gasteiger partial charge >= 0.3 is 0 Å². The summed E-state index contributed by atoms with van der Waals surface area (Å²) in [5, 5.41) is 11.4. The highest BCUT2D eigenvalue weighted by Crippen LogP contribution is 1.99. The van der Waals surface area contributed by atoms with Gasteiger partial charge in [-0.3, -0.25) is 0 Å². The van der Waals surface area contributed by atoms with Crippen LogP contribution in [0.3, 0.4) is 0 Å². The number of aromatic nitrogens is 2. The molecule has 0 saturated carbocycles. The second-order valence-electron chi connectivity index (χ2n) is 3.09. The van der Waals surface area contributed by atoms with Gasteiger partial charge in [0.2, 0.25) is 15.9 Å². The lowest BCUT2D eigenvalue weighted by Gasteiger charge is -2.09. The van der Waals surface area contributed by atoms with Gasteiger partial charge in [-0.1, -0.05) is 5.16 Å². The van der Waals surface area contributed by atoms with Crippen LogP contribution in [0.25, 0.3) is 0 Å². The molecule has 1 atom stereocenters. The quantitative estimate of drug-likeness (QED) is 0.690. The van der Waals surface area contributed by atoms with Crippen LogP contribution in [-0.4, -0.2) is 35.5 Å². The van der Waals surface area contributed by atoms with Crippen molar-refractivity contribution in [1.29, 1.82) is 0 Å². The summed E-state index contributed by atoms with van der Waals surface area (Å²) in [6, 6.07) is 0. The van der Waals surface area contributed by atoms with E-state index in [9.17, 15) is 8.42 Å². The average Bonchev–Trinajstić information content (AvgIpc) is 2.60. The van der Waals surface area contributed by atoms with Gasteiger partial charge in [-0.05, 0) is 6.92 Å². The number of sulfonamides is 1. The zero-order valence-electron chi connectivity index (χ0n) is 8.47. The zero-order valence-corrected chi connectivity index (χ0v) is 9.28. The normalized spacial score (nSPS) is 14.1. The van der Waals surface area contributed by atoms with Crippen LogP contribution in [0.15, 0.2) is 4.52 Å². The Hall–Kier alpha value is -0.990. The maximum Gasteiger partial charge on any atom is 0.223 e. The number of aliphatic hydroxyl groups is 1. The Morgan fingerprint density at radius 1 is 1.60 bits per heavy atom. The third-order valence-corrected chi connectivity index (χ3v) is 3.54. The highest BCUT2D eigenvalue weighted by Gasteiger charge is 2.19. The molecule has 0 radical (unpaired) electrons. The summed E-state index contributed by atoms with van der Waals surface area (Å²) in [7, 11) is -3.52. The first-order valence-electron chi connectivity index (χ1n) is 4.34. The molecule has 8 heteroatoms. The molecule has 0 spiro atoms. The number of aliphatic hydroxyl groups excluding tert-OH is 1. The van der Waals surface area contributed by atoms with E-state index < -0.39 is 21.9 Å². The van der Waals surface area contributed by atoms with E-state index in [-0.39, 0.29) is 12.4 Å². The average molecular weight is 235 g/mol. The largest absolute Gasteiger partial charge is 0.395 e. The van der Waals surface area contributed by atoms with E-state index >= 15 is 0 Å². The van der Waals surface area contributed by atoms with E-state index in [4.69, 9.17) is 5.11 Å². The minimum absolute atomic E-state index is 0.0377. The predicted molar refractivity (Wildman–Crippen MR) is 51.3 cm³/mol. The minimum Gasteiger partial charge on any atom is -0.395 e. The molecule has 0 bridgehead atoms. The van der Waals surface area contributed by atoms with E-state index in [1.54, 1.807) is 6.92 Å². The fraction of sp³-hybridized carbons (Fsp3) is 0.714. The van der Waals surface area contributed by atoms with Crippen molar-refractivity contribution in [3.05, 3.63) is 11.7 Å². The lowest BCUT2D eigenvalue weighted by atomic mass is 10.5. The first kappa shape index (κ1) is 12.1. The summed E-state index contributed by atoms with van der Waals surface area (Å²) in [6.45, 7) is 2.55. The van der Waals surface area contributed by atoms with Crippen molar-refractivity contribution in [3.8, 4) is 0 Å². The van der Waals surface area contributed by atoms with Crippen LogP contribution in [0.1, 0.15) is 18.6 Å². The van der Waals surface area contributed by atoms with E-state index in [0.717, 1.165) is 0 Å². The lowest BCUT2D eigenvalue weighted by Crippen LogP contribution is -2.34. The molecule has 1 heterocycles. The molecule has 15 heavy (non-hydrogen) atoms. The van der Waals surface area contributed by atoms with Crippen molar-refractivity contribution in [3.63, 3.8) is 0 Å². The Morgan fingerprint density at radius 2 is 2.27 bits per heavy atom. The van der Waals surface area contributed by atoms with E-state index in [0.29, 0.717) is 5.89 Å². The lowest BCUT2D eigenvalue weighted by molar-refractivity contribution is 0.294. The molecular weight excluding hydrogens is 222 g/mol. The predicted octanol–water partition coefficient (Wildman–Crippen LogP) is -0.822. The molecule has 0 aliphatic heterocycles. The Labute approximate surface area is 87.5 Å². The van der Waals surface area contributed by atoms with Gasteiger partial charge in [0, 0.05) is 6.92 Å². The number of aryl methyl sites for hydroxylation is 1. The Kier molecular flexibility index (Phi) is 3.77. The standard InChI is InChI=1S/C7H13N3O4S/c1-5(4-11)15(12,13)8-3-7-9-6(2)14-10-7/h5,8,11H,3-4H2,1-2H3. The molecule has 0 fully saturated rings. The number of hydrogen-bond donors (Lipinski definition) is 2. The third kappa shape index (κ3) is 3.26. The molecule has 0 saturated heterocycles. The minimum atomic E-state index is -3.52. The first-order valence-corrected chi connectivity index (χ1v) is 5.89. The Morgan fingerprint density at radius 3 is 2.73 bits per heavy atom. The Balaban J connectivity index is 2.57. The van der Waals surface area contributed by atoms with Crippen LogP contribution in [-0.2, 0) is 16.6 Å². The fourth-order valence-electron chi connectivity index (χ4n) is 0.819. The number of hydrogen-bond acceptors (Lipinski definition) is 6. The summed E-state index contributed by atoms with van der Waals surface area (Å²) in [5.74, 6) is 0.639. The maximum absolute atomic E-state index is 11.4. The molecule has 0 aromatic carbocycles. The summed E-state index contributed by atoms with van der Waals surface area (Å²) < 4.78 is 29.7. The van der Waals surface area contributed by atoms with Crippen molar-refractivity contribution >= 4 is 10.0 Å². The van der Waals surface area contributed by atoms with Crippen molar-refractivity contribution in [1.82, 2.24) is 14.9 Å². The maximum atomic E-state index is 11.4. The Bertz CT molecular complexity index is 414. The van der Waals surface area contributed by atoms with E-state index in [2.05, 4.69) is 19.4 Å². The summed E-state index contributed by atoms with van der Waals surface area (Å²) in [5.41, 5.74) is 0. The second-order valence-corrected chi connectivity index (χ2v) is 5.27. The van der Waals surface area contributed by atoms with Gasteiger partial charge in [-0.15, -0.1) is 0 Å². The van der Waals surface area contributed by atoms with Gasteiger partial charge in [0.15, 0.2) is 5.82 Å². The number of rotatable bonds is 5.